The third kappa shape index (κ3) is 5.89. The fourth-order valence-electron chi connectivity index (χ4n) is 3.98. The first-order chi connectivity index (χ1) is 14.0. The Balaban J connectivity index is 1.56. The van der Waals surface area contributed by atoms with Crippen LogP contribution in [0.1, 0.15) is 38.3 Å². The molecule has 1 aliphatic heterocycles. The fraction of sp³-hybridized carbons (Fsp3) is 0.458. The van der Waals surface area contributed by atoms with Crippen LogP contribution in [0.15, 0.2) is 60.7 Å². The van der Waals surface area contributed by atoms with Gasteiger partial charge in [0.05, 0.1) is 25.9 Å². The highest BCUT2D eigenvalue weighted by Crippen LogP contribution is 2.34. The molecule has 0 N–H and O–H groups in total. The number of hydrogen-bond donors (Lipinski definition) is 0. The van der Waals surface area contributed by atoms with E-state index in [0.717, 1.165) is 11.1 Å². The van der Waals surface area contributed by atoms with Gasteiger partial charge in [0.15, 0.2) is 0 Å². The molecule has 2 aromatic carbocycles. The predicted octanol–water partition coefficient (Wildman–Crippen LogP) is 4.16. The van der Waals surface area contributed by atoms with Crippen molar-refractivity contribution in [2.75, 3.05) is 13.2 Å². The van der Waals surface area contributed by atoms with Crippen molar-refractivity contribution < 1.29 is 19.0 Å². The summed E-state index contributed by atoms with van der Waals surface area (Å²) in [6.07, 6.45) is 0.521. The highest BCUT2D eigenvalue weighted by molar-refractivity contribution is 5.74. The topological polar surface area (TPSA) is 48.0 Å². The smallest absolute Gasteiger partial charge is 0.222 e. The summed E-state index contributed by atoms with van der Waals surface area (Å²) in [5.41, 5.74) is 1.61. The Bertz CT molecular complexity index is 763. The van der Waals surface area contributed by atoms with Crippen LogP contribution in [-0.2, 0) is 32.2 Å². The van der Waals surface area contributed by atoms with Gasteiger partial charge in [-0.3, -0.25) is 4.79 Å². The van der Waals surface area contributed by atoms with E-state index in [1.165, 1.54) is 0 Å². The summed E-state index contributed by atoms with van der Waals surface area (Å²) in [7, 11) is 0. The molecule has 5 heteroatoms. The van der Waals surface area contributed by atoms with Crippen LogP contribution in [0.4, 0.5) is 0 Å². The SMILES string of the molecule is CC(=O)N1[C@H](CCOCc2ccccc2)[C@@H](COCc2ccccc2)OC1(C)C. The highest BCUT2D eigenvalue weighted by atomic mass is 16.6. The quantitative estimate of drug-likeness (QED) is 0.596. The minimum atomic E-state index is -0.656. The van der Waals surface area contributed by atoms with Crippen LogP contribution in [0.2, 0.25) is 0 Å². The van der Waals surface area contributed by atoms with Gasteiger partial charge in [-0.2, -0.15) is 0 Å². The van der Waals surface area contributed by atoms with Crippen LogP contribution >= 0.6 is 0 Å². The molecule has 156 valence electrons. The third-order valence-corrected chi connectivity index (χ3v) is 5.18. The molecule has 0 spiro atoms. The van der Waals surface area contributed by atoms with Crippen molar-refractivity contribution in [2.45, 2.75) is 58.3 Å². The Hall–Kier alpha value is -2.21. The van der Waals surface area contributed by atoms with Gasteiger partial charge in [0.1, 0.15) is 11.8 Å². The number of amides is 1. The van der Waals surface area contributed by atoms with Gasteiger partial charge in [-0.05, 0) is 31.4 Å². The Morgan fingerprint density at radius 1 is 0.966 bits per heavy atom. The van der Waals surface area contributed by atoms with E-state index in [9.17, 15) is 4.79 Å². The van der Waals surface area contributed by atoms with Crippen molar-refractivity contribution in [3.63, 3.8) is 0 Å². The summed E-state index contributed by atoms with van der Waals surface area (Å²) in [5.74, 6) is 0.00798. The standard InChI is InChI=1S/C24H31NO4/c1-19(26)25-22(14-15-27-16-20-10-6-4-7-11-20)23(29-24(25,2)3)18-28-17-21-12-8-5-9-13-21/h4-13,22-23H,14-18H2,1-3H3/t22-,23-/m1/s1. The van der Waals surface area contributed by atoms with Gasteiger partial charge in [0.2, 0.25) is 5.91 Å². The zero-order chi connectivity index (χ0) is 20.7. The maximum atomic E-state index is 12.3. The second-order valence-corrected chi connectivity index (χ2v) is 7.89. The molecule has 0 bridgehead atoms. The maximum Gasteiger partial charge on any atom is 0.222 e. The average molecular weight is 398 g/mol. The molecule has 29 heavy (non-hydrogen) atoms. The number of ether oxygens (including phenoxy) is 3. The van der Waals surface area contributed by atoms with E-state index < -0.39 is 5.72 Å². The monoisotopic (exact) mass is 397 g/mol. The van der Waals surface area contributed by atoms with Crippen LogP contribution in [0, 0.1) is 0 Å². The summed E-state index contributed by atoms with van der Waals surface area (Å²) in [6, 6.07) is 20.1. The van der Waals surface area contributed by atoms with Gasteiger partial charge in [-0.15, -0.1) is 0 Å². The summed E-state index contributed by atoms with van der Waals surface area (Å²) in [6.45, 7) is 7.54. The normalized spacial score (nSPS) is 20.7. The Labute approximate surface area is 173 Å². The van der Waals surface area contributed by atoms with Crippen molar-refractivity contribution in [1.82, 2.24) is 4.90 Å². The van der Waals surface area contributed by atoms with Gasteiger partial charge in [-0.25, -0.2) is 0 Å². The molecule has 0 unspecified atom stereocenters. The third-order valence-electron chi connectivity index (χ3n) is 5.18. The first kappa shape index (κ1) is 21.5. The highest BCUT2D eigenvalue weighted by Gasteiger charge is 2.48. The molecule has 1 fully saturated rings. The Morgan fingerprint density at radius 3 is 2.07 bits per heavy atom. The second kappa shape index (κ2) is 10.0. The summed E-state index contributed by atoms with van der Waals surface area (Å²) in [4.78, 5) is 14.2. The molecular formula is C24H31NO4. The lowest BCUT2D eigenvalue weighted by Gasteiger charge is -2.32. The molecule has 0 aliphatic carbocycles. The minimum Gasteiger partial charge on any atom is -0.377 e. The van der Waals surface area contributed by atoms with Crippen molar-refractivity contribution in [3.8, 4) is 0 Å². The number of hydrogen-bond acceptors (Lipinski definition) is 4. The van der Waals surface area contributed by atoms with E-state index in [1.54, 1.807) is 6.92 Å². The van der Waals surface area contributed by atoms with Gasteiger partial charge < -0.3 is 19.1 Å². The molecule has 1 amide bonds. The van der Waals surface area contributed by atoms with Crippen molar-refractivity contribution in [3.05, 3.63) is 71.8 Å². The van der Waals surface area contributed by atoms with Gasteiger partial charge in [0.25, 0.3) is 0 Å². The summed E-state index contributed by atoms with van der Waals surface area (Å²) < 4.78 is 18.0. The lowest BCUT2D eigenvalue weighted by atomic mass is 10.1. The van der Waals surface area contributed by atoms with Crippen LogP contribution in [-0.4, -0.2) is 41.9 Å². The largest absolute Gasteiger partial charge is 0.377 e. The van der Waals surface area contributed by atoms with Crippen molar-refractivity contribution in [2.24, 2.45) is 0 Å². The molecule has 0 radical (unpaired) electrons. The molecular weight excluding hydrogens is 366 g/mol. The molecule has 1 aliphatic rings. The van der Waals surface area contributed by atoms with Crippen LogP contribution in [0.5, 0.6) is 0 Å². The van der Waals surface area contributed by atoms with Gasteiger partial charge >= 0.3 is 0 Å². The lowest BCUT2D eigenvalue weighted by Crippen LogP contribution is -2.48. The molecule has 0 aromatic heterocycles. The minimum absolute atomic E-state index is 0.00798. The first-order valence-electron chi connectivity index (χ1n) is 10.2. The average Bonchev–Trinajstić information content (AvgIpc) is 2.96. The molecule has 1 heterocycles. The Kier molecular flexibility index (Phi) is 7.42. The van der Waals surface area contributed by atoms with Crippen molar-refractivity contribution in [1.29, 1.82) is 0 Å². The molecule has 3 rings (SSSR count). The first-order valence-corrected chi connectivity index (χ1v) is 10.2. The Morgan fingerprint density at radius 2 is 1.52 bits per heavy atom. The molecule has 1 saturated heterocycles. The van der Waals surface area contributed by atoms with E-state index in [2.05, 4.69) is 0 Å². The number of carbonyl (C=O) groups is 1. The zero-order valence-electron chi connectivity index (χ0n) is 17.5. The number of rotatable bonds is 9. The van der Waals surface area contributed by atoms with E-state index in [4.69, 9.17) is 14.2 Å². The van der Waals surface area contributed by atoms with Gasteiger partial charge in [-0.1, -0.05) is 60.7 Å². The number of nitrogens with zero attached hydrogens (tertiary/aromatic N) is 1. The zero-order valence-corrected chi connectivity index (χ0v) is 17.5. The van der Waals surface area contributed by atoms with Gasteiger partial charge in [0, 0.05) is 13.5 Å². The van der Waals surface area contributed by atoms with E-state index in [-0.39, 0.29) is 18.1 Å². The van der Waals surface area contributed by atoms with E-state index >= 15 is 0 Å². The van der Waals surface area contributed by atoms with E-state index in [0.29, 0.717) is 32.8 Å². The molecule has 0 saturated carbocycles. The van der Waals surface area contributed by atoms with E-state index in [1.807, 2.05) is 79.4 Å². The fourth-order valence-corrected chi connectivity index (χ4v) is 3.98. The predicted molar refractivity (Wildman–Crippen MR) is 112 cm³/mol. The molecule has 2 aromatic rings. The summed E-state index contributed by atoms with van der Waals surface area (Å²) in [5, 5.41) is 0. The lowest BCUT2D eigenvalue weighted by molar-refractivity contribution is -0.146. The van der Waals surface area contributed by atoms with Crippen LogP contribution < -0.4 is 0 Å². The van der Waals surface area contributed by atoms with Crippen LogP contribution in [0.3, 0.4) is 0 Å². The number of benzene rings is 2. The number of carbonyl (C=O) groups excluding carboxylic acids is 1. The second-order valence-electron chi connectivity index (χ2n) is 7.89. The summed E-state index contributed by atoms with van der Waals surface area (Å²) >= 11 is 0. The maximum absolute atomic E-state index is 12.3. The molecule has 2 atom stereocenters. The van der Waals surface area contributed by atoms with Crippen molar-refractivity contribution >= 4 is 5.91 Å². The molecule has 5 nitrogen and oxygen atoms in total. The van der Waals surface area contributed by atoms with Crippen LogP contribution in [0.25, 0.3) is 0 Å².